The lowest BCUT2D eigenvalue weighted by Gasteiger charge is -2.48. The molecule has 3 saturated heterocycles. The number of unbranched alkanes of at least 4 members (excludes halogenated alkanes) is 38. The van der Waals surface area contributed by atoms with Crippen molar-refractivity contribution < 1.29 is 89.4 Å². The van der Waals surface area contributed by atoms with E-state index in [2.05, 4.69) is 19.2 Å². The molecule has 0 aromatic heterocycles. The molecule has 3 aliphatic heterocycles. The number of amides is 1. The second-order valence-electron chi connectivity index (χ2n) is 25.4. The van der Waals surface area contributed by atoms with E-state index >= 15 is 0 Å². The molecule has 85 heavy (non-hydrogen) atoms. The van der Waals surface area contributed by atoms with Crippen molar-refractivity contribution in [3.05, 3.63) is 0 Å². The summed E-state index contributed by atoms with van der Waals surface area (Å²) in [5, 5.41) is 121. The molecule has 17 atom stereocenters. The van der Waals surface area contributed by atoms with E-state index in [1.54, 1.807) is 0 Å². The van der Waals surface area contributed by atoms with Crippen molar-refractivity contribution in [2.75, 3.05) is 26.4 Å². The van der Waals surface area contributed by atoms with Gasteiger partial charge in [0.15, 0.2) is 18.9 Å². The quantitative estimate of drug-likeness (QED) is 0.0253. The molecule has 1 amide bonds. The van der Waals surface area contributed by atoms with Gasteiger partial charge < -0.3 is 89.9 Å². The highest BCUT2D eigenvalue weighted by atomic mass is 16.8. The molecule has 0 aliphatic carbocycles. The summed E-state index contributed by atoms with van der Waals surface area (Å²) in [6.45, 7) is 1.84. The van der Waals surface area contributed by atoms with Crippen LogP contribution >= 0.6 is 0 Å². The fraction of sp³-hybridized carbons (Fsp3) is 0.985. The van der Waals surface area contributed by atoms with E-state index in [-0.39, 0.29) is 18.9 Å². The zero-order valence-corrected chi connectivity index (χ0v) is 53.1. The molecule has 3 rings (SSSR count). The van der Waals surface area contributed by atoms with Gasteiger partial charge in [-0.3, -0.25) is 4.79 Å². The van der Waals surface area contributed by atoms with Gasteiger partial charge >= 0.3 is 0 Å². The number of ether oxygens (including phenoxy) is 6. The molecule has 3 aliphatic rings. The molecule has 0 saturated carbocycles. The van der Waals surface area contributed by atoms with Crippen LogP contribution in [0.2, 0.25) is 0 Å². The van der Waals surface area contributed by atoms with Crippen LogP contribution in [0.25, 0.3) is 0 Å². The Labute approximate surface area is 513 Å². The largest absolute Gasteiger partial charge is 0.394 e. The van der Waals surface area contributed by atoms with Crippen LogP contribution in [0.3, 0.4) is 0 Å². The third kappa shape index (κ3) is 32.1. The molecule has 0 aromatic carbocycles. The van der Waals surface area contributed by atoms with Crippen molar-refractivity contribution in [3.8, 4) is 0 Å². The first-order valence-corrected chi connectivity index (χ1v) is 34.8. The molecule has 3 heterocycles. The van der Waals surface area contributed by atoms with E-state index in [1.165, 1.54) is 205 Å². The third-order valence-corrected chi connectivity index (χ3v) is 17.9. The van der Waals surface area contributed by atoms with Crippen LogP contribution in [0.5, 0.6) is 0 Å². The van der Waals surface area contributed by atoms with Gasteiger partial charge in [-0.05, 0) is 12.8 Å². The monoisotopic (exact) mass is 1220 g/mol. The zero-order chi connectivity index (χ0) is 61.9. The van der Waals surface area contributed by atoms with E-state index in [1.807, 2.05) is 0 Å². The number of rotatable bonds is 54. The lowest BCUT2D eigenvalue weighted by atomic mass is 9.96. The maximum absolute atomic E-state index is 13.4. The number of carbonyl (C=O) groups is 1. The van der Waals surface area contributed by atoms with Gasteiger partial charge in [0.2, 0.25) is 5.91 Å². The molecule has 12 N–H and O–H groups in total. The zero-order valence-electron chi connectivity index (χ0n) is 53.1. The number of aliphatic hydroxyl groups excluding tert-OH is 11. The van der Waals surface area contributed by atoms with E-state index in [4.69, 9.17) is 28.4 Å². The van der Waals surface area contributed by atoms with Crippen molar-refractivity contribution in [2.24, 2.45) is 0 Å². The summed E-state index contributed by atoms with van der Waals surface area (Å²) in [7, 11) is 0. The van der Waals surface area contributed by atoms with Crippen molar-refractivity contribution in [1.29, 1.82) is 0 Å². The van der Waals surface area contributed by atoms with Gasteiger partial charge in [-0.25, -0.2) is 0 Å². The van der Waals surface area contributed by atoms with Gasteiger partial charge in [0.05, 0.1) is 38.6 Å². The minimum atomic E-state index is -1.97. The first kappa shape index (κ1) is 78.0. The van der Waals surface area contributed by atoms with Crippen molar-refractivity contribution in [1.82, 2.24) is 5.32 Å². The Morgan fingerprint density at radius 2 is 0.671 bits per heavy atom. The van der Waals surface area contributed by atoms with Crippen molar-refractivity contribution in [3.63, 3.8) is 0 Å². The molecule has 3 fully saturated rings. The maximum atomic E-state index is 13.4. The van der Waals surface area contributed by atoms with Crippen LogP contribution in [0.1, 0.15) is 284 Å². The lowest BCUT2D eigenvalue weighted by molar-refractivity contribution is -0.379. The van der Waals surface area contributed by atoms with Gasteiger partial charge in [0.25, 0.3) is 0 Å². The van der Waals surface area contributed by atoms with Gasteiger partial charge in [-0.15, -0.1) is 0 Å². The van der Waals surface area contributed by atoms with E-state index < -0.39 is 124 Å². The Morgan fingerprint density at radius 3 is 1.02 bits per heavy atom. The molecule has 19 nitrogen and oxygen atoms in total. The number of aliphatic hydroxyl groups is 11. The molecule has 17 unspecified atom stereocenters. The number of carbonyl (C=O) groups excluding carboxylic acids is 1. The highest BCUT2D eigenvalue weighted by Gasteiger charge is 2.53. The Bertz CT molecular complexity index is 1550. The maximum Gasteiger partial charge on any atom is 0.220 e. The lowest BCUT2D eigenvalue weighted by Crippen LogP contribution is -2.66. The normalized spacial score (nSPS) is 28.9. The summed E-state index contributed by atoms with van der Waals surface area (Å²) in [6.07, 6.45) is 24.7. The molecule has 19 heteroatoms. The fourth-order valence-corrected chi connectivity index (χ4v) is 12.3. The Kier molecular flexibility index (Phi) is 45.4. The summed E-state index contributed by atoms with van der Waals surface area (Å²) in [6, 6.07) is -0.881. The topological polar surface area (TPSA) is 307 Å². The first-order valence-electron chi connectivity index (χ1n) is 34.8. The summed E-state index contributed by atoms with van der Waals surface area (Å²) >= 11 is 0. The number of hydrogen-bond acceptors (Lipinski definition) is 18. The Morgan fingerprint density at radius 1 is 0.376 bits per heavy atom. The Hall–Kier alpha value is -1.21. The minimum Gasteiger partial charge on any atom is -0.394 e. The molecular weight excluding hydrogens is 1090 g/mol. The number of hydrogen-bond donors (Lipinski definition) is 12. The van der Waals surface area contributed by atoms with Crippen LogP contribution in [-0.4, -0.2) is 193 Å². The van der Waals surface area contributed by atoms with Crippen LogP contribution in [-0.2, 0) is 33.2 Å². The second-order valence-corrected chi connectivity index (χ2v) is 25.4. The summed E-state index contributed by atoms with van der Waals surface area (Å²) in [5.41, 5.74) is 0. The van der Waals surface area contributed by atoms with Crippen LogP contribution in [0.4, 0.5) is 0 Å². The van der Waals surface area contributed by atoms with Crippen LogP contribution in [0, 0.1) is 0 Å². The molecule has 0 spiro atoms. The van der Waals surface area contributed by atoms with Gasteiger partial charge in [-0.1, -0.05) is 264 Å². The molecular formula is C66H127NO18. The Balaban J connectivity index is 1.41. The van der Waals surface area contributed by atoms with Gasteiger partial charge in [-0.2, -0.15) is 0 Å². The van der Waals surface area contributed by atoms with Gasteiger partial charge in [0, 0.05) is 6.42 Å². The van der Waals surface area contributed by atoms with Gasteiger partial charge in [0.1, 0.15) is 73.2 Å². The molecule has 0 radical (unpaired) electrons. The van der Waals surface area contributed by atoms with Crippen molar-refractivity contribution >= 4 is 5.91 Å². The van der Waals surface area contributed by atoms with Crippen molar-refractivity contribution in [2.45, 2.75) is 388 Å². The predicted molar refractivity (Wildman–Crippen MR) is 328 cm³/mol. The minimum absolute atomic E-state index is 0.236. The molecule has 504 valence electrons. The second kappa shape index (κ2) is 49.5. The standard InChI is InChI=1S/C66H127NO18/c1-3-5-7-9-11-13-15-17-19-20-21-22-23-24-25-26-27-28-30-32-34-36-38-40-42-44-54(72)67-49(50(71)43-41-39-37-35-33-31-29-18-16-14-12-10-8-6-4-2)48-80-64-60(78)57(75)62(52(46-69)82-64)85-66-61(79)58(76)63(53(47-70)83-66)84-65-59(77)56(74)55(73)51(45-68)81-65/h49-53,55-66,68-71,73-79H,3-48H2,1-2H3,(H,67,72). The average Bonchev–Trinajstić information content (AvgIpc) is 3.63. The summed E-state index contributed by atoms with van der Waals surface area (Å²) < 4.78 is 34.4. The third-order valence-electron chi connectivity index (χ3n) is 17.9. The highest BCUT2D eigenvalue weighted by molar-refractivity contribution is 5.76. The SMILES string of the molecule is CCCCCCCCCCCCCCCCCCCCCCCCCCCC(=O)NC(COC1OC(CO)C(OC2OC(CO)C(OC3OC(CO)C(O)C(O)C3O)C(O)C2O)C(O)C1O)C(O)CCCCCCCCCCCCCCCCC. The predicted octanol–water partition coefficient (Wildman–Crippen LogP) is 8.72. The van der Waals surface area contributed by atoms with Crippen LogP contribution < -0.4 is 5.32 Å². The smallest absolute Gasteiger partial charge is 0.220 e. The average molecular weight is 1220 g/mol. The summed E-state index contributed by atoms with van der Waals surface area (Å²) in [4.78, 5) is 13.4. The highest BCUT2D eigenvalue weighted by Crippen LogP contribution is 2.33. The first-order chi connectivity index (χ1) is 41.3. The molecule has 0 bridgehead atoms. The van der Waals surface area contributed by atoms with Crippen LogP contribution in [0.15, 0.2) is 0 Å². The van der Waals surface area contributed by atoms with E-state index in [9.17, 15) is 61.0 Å². The molecule has 0 aromatic rings. The van der Waals surface area contributed by atoms with E-state index in [0.717, 1.165) is 44.9 Å². The summed E-state index contributed by atoms with van der Waals surface area (Å²) in [5.74, 6) is -0.236. The van der Waals surface area contributed by atoms with E-state index in [0.29, 0.717) is 12.8 Å². The fourth-order valence-electron chi connectivity index (χ4n) is 12.3. The number of nitrogens with one attached hydrogen (secondary N) is 1.